The van der Waals surface area contributed by atoms with Crippen LogP contribution in [-0.4, -0.2) is 41.5 Å². The van der Waals surface area contributed by atoms with E-state index < -0.39 is 5.97 Å². The van der Waals surface area contributed by atoms with E-state index in [1.165, 1.54) is 0 Å². The fourth-order valence-corrected chi connectivity index (χ4v) is 2.22. The molecule has 1 aliphatic heterocycles. The van der Waals surface area contributed by atoms with Crippen molar-refractivity contribution in [2.75, 3.05) is 25.0 Å². The summed E-state index contributed by atoms with van der Waals surface area (Å²) in [6.07, 6.45) is 0.191. The number of hydrogen-bond donors (Lipinski definition) is 2. The summed E-state index contributed by atoms with van der Waals surface area (Å²) < 4.78 is 0. The molecule has 0 aliphatic carbocycles. The summed E-state index contributed by atoms with van der Waals surface area (Å²) in [6.45, 7) is 3.69. The second-order valence-corrected chi connectivity index (χ2v) is 5.07. The second-order valence-electron chi connectivity index (χ2n) is 5.07. The molecule has 1 aromatic rings. The van der Waals surface area contributed by atoms with Crippen molar-refractivity contribution in [3.8, 4) is 0 Å². The quantitative estimate of drug-likeness (QED) is 0.840. The van der Waals surface area contributed by atoms with Crippen molar-refractivity contribution in [1.82, 2.24) is 4.90 Å². The topological polar surface area (TPSA) is 69.6 Å². The lowest BCUT2D eigenvalue weighted by Gasteiger charge is -2.37. The number of carboxylic acid groups (broad SMARTS) is 1. The maximum absolute atomic E-state index is 11.8. The van der Waals surface area contributed by atoms with E-state index in [1.807, 2.05) is 36.1 Å². The van der Waals surface area contributed by atoms with Gasteiger partial charge in [-0.25, -0.2) is 0 Å². The van der Waals surface area contributed by atoms with Crippen molar-refractivity contribution >= 4 is 17.6 Å². The Morgan fingerprint density at radius 1 is 1.32 bits per heavy atom. The minimum Gasteiger partial charge on any atom is -0.481 e. The number of aliphatic carboxylic acids is 1. The van der Waals surface area contributed by atoms with Crippen LogP contribution in [0, 0.1) is 12.8 Å². The maximum Gasteiger partial charge on any atom is 0.303 e. The summed E-state index contributed by atoms with van der Waals surface area (Å²) in [5.74, 6) is -0.643. The molecule has 1 aromatic carbocycles. The van der Waals surface area contributed by atoms with Crippen LogP contribution in [0.1, 0.15) is 12.0 Å². The van der Waals surface area contributed by atoms with Crippen LogP contribution in [-0.2, 0) is 9.59 Å². The van der Waals surface area contributed by atoms with Gasteiger partial charge in [-0.2, -0.15) is 0 Å². The number of likely N-dealkylation sites (tertiary alicyclic amines) is 1. The number of benzene rings is 1. The average Bonchev–Trinajstić information content (AvgIpc) is 2.29. The third-order valence-electron chi connectivity index (χ3n) is 3.20. The van der Waals surface area contributed by atoms with E-state index in [1.54, 1.807) is 0 Å². The molecule has 5 nitrogen and oxygen atoms in total. The number of hydrogen-bond acceptors (Lipinski definition) is 3. The number of carboxylic acids is 1. The Balaban J connectivity index is 1.71. The molecule has 0 saturated carbocycles. The number of aryl methyl sites for hydroxylation is 1. The molecular weight excluding hydrogens is 244 g/mol. The molecular formula is C14H18N2O3. The first-order valence-corrected chi connectivity index (χ1v) is 6.33. The van der Waals surface area contributed by atoms with Gasteiger partial charge in [-0.15, -0.1) is 0 Å². The number of carbonyl (C=O) groups excluding carboxylic acids is 1. The third-order valence-corrected chi connectivity index (χ3v) is 3.20. The summed E-state index contributed by atoms with van der Waals surface area (Å²) in [4.78, 5) is 24.2. The first-order chi connectivity index (χ1) is 9.02. The molecule has 1 heterocycles. The van der Waals surface area contributed by atoms with Gasteiger partial charge in [0.1, 0.15) is 0 Å². The van der Waals surface area contributed by atoms with Crippen molar-refractivity contribution in [3.05, 3.63) is 29.8 Å². The van der Waals surface area contributed by atoms with Gasteiger partial charge in [0, 0.05) is 18.8 Å². The molecule has 2 rings (SSSR count). The predicted octanol–water partition coefficient (Wildman–Crippen LogP) is 1.34. The summed E-state index contributed by atoms with van der Waals surface area (Å²) in [7, 11) is 0. The highest BCUT2D eigenvalue weighted by molar-refractivity contribution is 5.92. The van der Waals surface area contributed by atoms with Gasteiger partial charge in [-0.1, -0.05) is 17.7 Å². The van der Waals surface area contributed by atoms with Crippen molar-refractivity contribution in [1.29, 1.82) is 0 Å². The SMILES string of the molecule is Cc1ccc(NC(=O)CN2CC(CC(=O)O)C2)cc1. The lowest BCUT2D eigenvalue weighted by atomic mass is 9.96. The van der Waals surface area contributed by atoms with Gasteiger partial charge in [0.2, 0.25) is 5.91 Å². The monoisotopic (exact) mass is 262 g/mol. The molecule has 0 atom stereocenters. The first-order valence-electron chi connectivity index (χ1n) is 6.33. The Labute approximate surface area is 112 Å². The predicted molar refractivity (Wildman–Crippen MR) is 72.0 cm³/mol. The normalized spacial score (nSPS) is 15.8. The number of nitrogens with one attached hydrogen (secondary N) is 1. The zero-order chi connectivity index (χ0) is 13.8. The van der Waals surface area contributed by atoms with Gasteiger partial charge in [-0.3, -0.25) is 14.5 Å². The van der Waals surface area contributed by atoms with E-state index in [9.17, 15) is 9.59 Å². The minimum absolute atomic E-state index is 0.0578. The Kier molecular flexibility index (Phi) is 4.16. The molecule has 1 amide bonds. The van der Waals surface area contributed by atoms with Crippen LogP contribution in [0.25, 0.3) is 0 Å². The first kappa shape index (κ1) is 13.5. The molecule has 0 bridgehead atoms. The number of amides is 1. The van der Waals surface area contributed by atoms with Crippen LogP contribution < -0.4 is 5.32 Å². The fraction of sp³-hybridized carbons (Fsp3) is 0.429. The van der Waals surface area contributed by atoms with Crippen LogP contribution in [0.15, 0.2) is 24.3 Å². The lowest BCUT2D eigenvalue weighted by molar-refractivity contribution is -0.139. The van der Waals surface area contributed by atoms with E-state index in [0.29, 0.717) is 19.6 Å². The van der Waals surface area contributed by atoms with E-state index in [0.717, 1.165) is 11.3 Å². The van der Waals surface area contributed by atoms with Crippen LogP contribution in [0.4, 0.5) is 5.69 Å². The average molecular weight is 262 g/mol. The molecule has 5 heteroatoms. The molecule has 1 aliphatic rings. The molecule has 19 heavy (non-hydrogen) atoms. The third kappa shape index (κ3) is 4.06. The molecule has 1 fully saturated rings. The van der Waals surface area contributed by atoms with Gasteiger partial charge < -0.3 is 10.4 Å². The van der Waals surface area contributed by atoms with E-state index in [-0.39, 0.29) is 18.2 Å². The molecule has 0 spiro atoms. The molecule has 0 radical (unpaired) electrons. The number of rotatable bonds is 5. The highest BCUT2D eigenvalue weighted by atomic mass is 16.4. The van der Waals surface area contributed by atoms with Crippen LogP contribution in [0.2, 0.25) is 0 Å². The standard InChI is InChI=1S/C14H18N2O3/c1-10-2-4-12(5-3-10)15-13(17)9-16-7-11(8-16)6-14(18)19/h2-5,11H,6-9H2,1H3,(H,15,17)(H,18,19). The molecule has 0 aromatic heterocycles. The Morgan fingerprint density at radius 2 is 1.95 bits per heavy atom. The van der Waals surface area contributed by atoms with Crippen molar-refractivity contribution in [2.24, 2.45) is 5.92 Å². The highest BCUT2D eigenvalue weighted by Gasteiger charge is 2.29. The van der Waals surface area contributed by atoms with Gasteiger partial charge in [0.05, 0.1) is 13.0 Å². The van der Waals surface area contributed by atoms with Gasteiger partial charge in [0.15, 0.2) is 0 Å². The van der Waals surface area contributed by atoms with Gasteiger partial charge >= 0.3 is 5.97 Å². The molecule has 0 unspecified atom stereocenters. The zero-order valence-electron chi connectivity index (χ0n) is 10.9. The van der Waals surface area contributed by atoms with Crippen LogP contribution in [0.3, 0.4) is 0 Å². The smallest absolute Gasteiger partial charge is 0.303 e. The van der Waals surface area contributed by atoms with Crippen molar-refractivity contribution < 1.29 is 14.7 Å². The van der Waals surface area contributed by atoms with Gasteiger partial charge in [0.25, 0.3) is 0 Å². The van der Waals surface area contributed by atoms with E-state index in [2.05, 4.69) is 5.32 Å². The summed E-state index contributed by atoms with van der Waals surface area (Å²) in [5, 5.41) is 11.5. The fourth-order valence-electron chi connectivity index (χ4n) is 2.22. The largest absolute Gasteiger partial charge is 0.481 e. The molecule has 102 valence electrons. The molecule has 2 N–H and O–H groups in total. The van der Waals surface area contributed by atoms with Crippen LogP contribution >= 0.6 is 0 Å². The van der Waals surface area contributed by atoms with Crippen molar-refractivity contribution in [2.45, 2.75) is 13.3 Å². The second kappa shape index (κ2) is 5.84. The van der Waals surface area contributed by atoms with E-state index in [4.69, 9.17) is 5.11 Å². The highest BCUT2D eigenvalue weighted by Crippen LogP contribution is 2.18. The lowest BCUT2D eigenvalue weighted by Crippen LogP contribution is -2.50. The number of carbonyl (C=O) groups is 2. The summed E-state index contributed by atoms with van der Waals surface area (Å²) in [5.41, 5.74) is 1.94. The Morgan fingerprint density at radius 3 is 2.53 bits per heavy atom. The summed E-state index contributed by atoms with van der Waals surface area (Å²) >= 11 is 0. The Bertz CT molecular complexity index is 464. The van der Waals surface area contributed by atoms with E-state index >= 15 is 0 Å². The number of nitrogens with zero attached hydrogens (tertiary/aromatic N) is 1. The van der Waals surface area contributed by atoms with Crippen LogP contribution in [0.5, 0.6) is 0 Å². The van der Waals surface area contributed by atoms with Gasteiger partial charge in [-0.05, 0) is 25.0 Å². The summed E-state index contributed by atoms with van der Waals surface area (Å²) in [6, 6.07) is 7.64. The zero-order valence-corrected chi connectivity index (χ0v) is 10.9. The minimum atomic E-state index is -0.770. The maximum atomic E-state index is 11.8. The molecule has 1 saturated heterocycles. The number of anilines is 1. The van der Waals surface area contributed by atoms with Crippen molar-refractivity contribution in [3.63, 3.8) is 0 Å². The Hall–Kier alpha value is -1.88.